The quantitative estimate of drug-likeness (QED) is 0.756. The molecule has 1 aliphatic rings. The minimum Gasteiger partial charge on any atom is -0.501 e. The molecule has 0 aliphatic carbocycles. The predicted octanol–water partition coefficient (Wildman–Crippen LogP) is 3.11. The zero-order valence-electron chi connectivity index (χ0n) is 9.93. The van der Waals surface area contributed by atoms with Crippen LogP contribution < -0.4 is 0 Å². The Labute approximate surface area is 105 Å². The van der Waals surface area contributed by atoms with Gasteiger partial charge in [-0.2, -0.15) is 0 Å². The van der Waals surface area contributed by atoms with E-state index in [0.717, 1.165) is 29.3 Å². The lowest BCUT2D eigenvalue weighted by molar-refractivity contribution is 0.101. The van der Waals surface area contributed by atoms with Gasteiger partial charge in [-0.3, -0.25) is 9.78 Å². The molecule has 0 saturated carbocycles. The number of fused-ring (bicyclic) bond motifs is 1. The van der Waals surface area contributed by atoms with E-state index in [1.807, 2.05) is 24.3 Å². The Morgan fingerprint density at radius 1 is 1.22 bits per heavy atom. The monoisotopic (exact) mass is 239 g/mol. The number of hydrogen-bond donors (Lipinski definition) is 0. The molecule has 90 valence electrons. The summed E-state index contributed by atoms with van der Waals surface area (Å²) >= 11 is 0. The summed E-state index contributed by atoms with van der Waals surface area (Å²) in [5.74, 6) is 0.0494. The van der Waals surface area contributed by atoms with Crippen LogP contribution >= 0.6 is 0 Å². The Hall–Kier alpha value is -2.16. The highest BCUT2D eigenvalue weighted by atomic mass is 16.5. The van der Waals surface area contributed by atoms with Gasteiger partial charge in [0.2, 0.25) is 0 Å². The lowest BCUT2D eigenvalue weighted by Crippen LogP contribution is -2.10. The highest BCUT2D eigenvalue weighted by Gasteiger charge is 2.17. The molecule has 3 heteroatoms. The van der Waals surface area contributed by atoms with Crippen molar-refractivity contribution in [2.45, 2.75) is 12.8 Å². The van der Waals surface area contributed by atoms with Gasteiger partial charge in [-0.25, -0.2) is 0 Å². The van der Waals surface area contributed by atoms with Crippen LogP contribution in [-0.2, 0) is 4.74 Å². The van der Waals surface area contributed by atoms with Crippen LogP contribution in [0.5, 0.6) is 0 Å². The molecule has 2 heterocycles. The fourth-order valence-electron chi connectivity index (χ4n) is 2.20. The van der Waals surface area contributed by atoms with Crippen LogP contribution in [-0.4, -0.2) is 17.4 Å². The number of para-hydroxylation sites is 1. The second-order valence-electron chi connectivity index (χ2n) is 4.32. The third-order valence-corrected chi connectivity index (χ3v) is 3.12. The summed E-state index contributed by atoms with van der Waals surface area (Å²) in [6.07, 6.45) is 4.97. The Morgan fingerprint density at radius 2 is 2.11 bits per heavy atom. The van der Waals surface area contributed by atoms with E-state index in [4.69, 9.17) is 4.74 Å². The average Bonchev–Trinajstić information content (AvgIpc) is 2.47. The molecule has 0 unspecified atom stereocenters. The molecule has 3 rings (SSSR count). The molecular formula is C15H13NO2. The molecule has 0 N–H and O–H groups in total. The number of rotatable bonds is 2. The van der Waals surface area contributed by atoms with Crippen LogP contribution in [0.25, 0.3) is 10.9 Å². The van der Waals surface area contributed by atoms with Crippen LogP contribution in [0.3, 0.4) is 0 Å². The lowest BCUT2D eigenvalue weighted by Gasteiger charge is -2.13. The molecule has 18 heavy (non-hydrogen) atoms. The molecule has 1 aliphatic heterocycles. The lowest BCUT2D eigenvalue weighted by atomic mass is 9.97. The van der Waals surface area contributed by atoms with E-state index >= 15 is 0 Å². The van der Waals surface area contributed by atoms with E-state index in [9.17, 15) is 4.79 Å². The molecule has 0 fully saturated rings. The molecule has 1 aromatic heterocycles. The van der Waals surface area contributed by atoms with Crippen molar-refractivity contribution in [3.63, 3.8) is 0 Å². The Morgan fingerprint density at radius 3 is 2.94 bits per heavy atom. The number of hydrogen-bond acceptors (Lipinski definition) is 3. The number of ether oxygens (including phenoxy) is 1. The first-order valence-electron chi connectivity index (χ1n) is 6.05. The van der Waals surface area contributed by atoms with Gasteiger partial charge in [0.1, 0.15) is 0 Å². The molecule has 0 atom stereocenters. The van der Waals surface area contributed by atoms with Gasteiger partial charge in [0.05, 0.1) is 18.4 Å². The van der Waals surface area contributed by atoms with Crippen LogP contribution in [0, 0.1) is 0 Å². The second kappa shape index (κ2) is 4.61. The van der Waals surface area contributed by atoms with Gasteiger partial charge in [-0.1, -0.05) is 18.2 Å². The maximum atomic E-state index is 12.4. The SMILES string of the molecule is O=C(C1=COCCC1)c1ccnc2ccccc12. The summed E-state index contributed by atoms with van der Waals surface area (Å²) in [5.41, 5.74) is 2.30. The van der Waals surface area contributed by atoms with E-state index in [2.05, 4.69) is 4.98 Å². The van der Waals surface area contributed by atoms with Crippen molar-refractivity contribution in [1.29, 1.82) is 0 Å². The summed E-state index contributed by atoms with van der Waals surface area (Å²) in [5, 5.41) is 0.900. The zero-order valence-corrected chi connectivity index (χ0v) is 9.93. The van der Waals surface area contributed by atoms with Gasteiger partial charge in [0.25, 0.3) is 0 Å². The number of allylic oxidation sites excluding steroid dienone is 1. The average molecular weight is 239 g/mol. The highest BCUT2D eigenvalue weighted by Crippen LogP contribution is 2.22. The molecule has 2 aromatic rings. The first kappa shape index (κ1) is 11.0. The third-order valence-electron chi connectivity index (χ3n) is 3.12. The van der Waals surface area contributed by atoms with Crippen molar-refractivity contribution in [3.8, 4) is 0 Å². The zero-order chi connectivity index (χ0) is 12.4. The Balaban J connectivity index is 2.09. The third kappa shape index (κ3) is 1.88. The van der Waals surface area contributed by atoms with E-state index in [-0.39, 0.29) is 5.78 Å². The van der Waals surface area contributed by atoms with Crippen LogP contribution in [0.1, 0.15) is 23.2 Å². The Bertz CT molecular complexity index is 626. The van der Waals surface area contributed by atoms with E-state index < -0.39 is 0 Å². The van der Waals surface area contributed by atoms with E-state index in [1.165, 1.54) is 0 Å². The number of pyridine rings is 1. The van der Waals surface area contributed by atoms with Gasteiger partial charge < -0.3 is 4.74 Å². The van der Waals surface area contributed by atoms with Crippen molar-refractivity contribution < 1.29 is 9.53 Å². The predicted molar refractivity (Wildman–Crippen MR) is 69.3 cm³/mol. The minimum absolute atomic E-state index is 0.0494. The molecule has 0 radical (unpaired) electrons. The summed E-state index contributed by atoms with van der Waals surface area (Å²) in [6.45, 7) is 0.702. The highest BCUT2D eigenvalue weighted by molar-refractivity contribution is 6.15. The van der Waals surface area contributed by atoms with E-state index in [0.29, 0.717) is 12.2 Å². The van der Waals surface area contributed by atoms with Crippen LogP contribution in [0.2, 0.25) is 0 Å². The van der Waals surface area contributed by atoms with Crippen molar-refractivity contribution in [3.05, 3.63) is 53.9 Å². The fourth-order valence-corrected chi connectivity index (χ4v) is 2.20. The first-order valence-corrected chi connectivity index (χ1v) is 6.05. The molecule has 3 nitrogen and oxygen atoms in total. The van der Waals surface area contributed by atoms with Crippen LogP contribution in [0.4, 0.5) is 0 Å². The van der Waals surface area contributed by atoms with Gasteiger partial charge in [-0.05, 0) is 25.0 Å². The number of nitrogens with zero attached hydrogens (tertiary/aromatic N) is 1. The van der Waals surface area contributed by atoms with Crippen molar-refractivity contribution in [1.82, 2.24) is 4.98 Å². The molecule has 0 amide bonds. The maximum absolute atomic E-state index is 12.4. The normalized spacial score (nSPS) is 15.0. The second-order valence-corrected chi connectivity index (χ2v) is 4.32. The summed E-state index contributed by atoms with van der Waals surface area (Å²) in [6, 6.07) is 9.47. The van der Waals surface area contributed by atoms with E-state index in [1.54, 1.807) is 18.5 Å². The van der Waals surface area contributed by atoms with Gasteiger partial charge in [-0.15, -0.1) is 0 Å². The molecule has 0 spiro atoms. The molecule has 0 saturated heterocycles. The number of ketones is 1. The fraction of sp³-hybridized carbons (Fsp3) is 0.200. The van der Waals surface area contributed by atoms with Crippen LogP contribution in [0.15, 0.2) is 48.4 Å². The van der Waals surface area contributed by atoms with Gasteiger partial charge in [0, 0.05) is 22.7 Å². The van der Waals surface area contributed by atoms with Crippen molar-refractivity contribution >= 4 is 16.7 Å². The van der Waals surface area contributed by atoms with Crippen molar-refractivity contribution in [2.24, 2.45) is 0 Å². The first-order chi connectivity index (χ1) is 8.86. The molecule has 1 aromatic carbocycles. The summed E-state index contributed by atoms with van der Waals surface area (Å²) < 4.78 is 5.24. The summed E-state index contributed by atoms with van der Waals surface area (Å²) in [4.78, 5) is 16.7. The van der Waals surface area contributed by atoms with Crippen molar-refractivity contribution in [2.75, 3.05) is 6.61 Å². The minimum atomic E-state index is 0.0494. The largest absolute Gasteiger partial charge is 0.501 e. The smallest absolute Gasteiger partial charge is 0.192 e. The summed E-state index contributed by atoms with van der Waals surface area (Å²) in [7, 11) is 0. The Kier molecular flexibility index (Phi) is 2.81. The number of carbonyl (C=O) groups is 1. The van der Waals surface area contributed by atoms with Gasteiger partial charge in [0.15, 0.2) is 5.78 Å². The number of aromatic nitrogens is 1. The van der Waals surface area contributed by atoms with Gasteiger partial charge >= 0.3 is 0 Å². The topological polar surface area (TPSA) is 39.2 Å². The number of carbonyl (C=O) groups excluding carboxylic acids is 1. The standard InChI is InChI=1S/C15H13NO2/c17-15(11-4-3-9-18-10-11)13-7-8-16-14-6-2-1-5-12(13)14/h1-2,5-8,10H,3-4,9H2. The molecular weight excluding hydrogens is 226 g/mol. The molecule has 0 bridgehead atoms. The maximum Gasteiger partial charge on any atom is 0.192 e. The number of benzene rings is 1. The number of Topliss-reactive ketones (excluding diaryl/α,β-unsaturated/α-hetero) is 1.